The van der Waals surface area contributed by atoms with E-state index in [4.69, 9.17) is 5.73 Å². The SMILES string of the molecule is CS[C@H](C)c1nc(N)nc(N(C)C)n1. The van der Waals surface area contributed by atoms with Crippen LogP contribution in [0, 0.1) is 0 Å². The zero-order valence-corrected chi connectivity index (χ0v) is 9.67. The van der Waals surface area contributed by atoms with Crippen molar-refractivity contribution in [3.8, 4) is 0 Å². The molecule has 1 atom stereocenters. The molecule has 14 heavy (non-hydrogen) atoms. The van der Waals surface area contributed by atoms with Gasteiger partial charge >= 0.3 is 0 Å². The maximum Gasteiger partial charge on any atom is 0.229 e. The molecule has 5 nitrogen and oxygen atoms in total. The van der Waals surface area contributed by atoms with Crippen LogP contribution >= 0.6 is 11.8 Å². The maximum absolute atomic E-state index is 5.59. The Labute approximate surface area is 88.1 Å². The number of nitrogen functional groups attached to an aromatic ring is 1. The van der Waals surface area contributed by atoms with Crippen molar-refractivity contribution in [3.63, 3.8) is 0 Å². The Balaban J connectivity index is 3.07. The fourth-order valence-corrected chi connectivity index (χ4v) is 1.20. The number of hydrogen-bond acceptors (Lipinski definition) is 6. The standard InChI is InChI=1S/C8H15N5S/c1-5(14-4)6-10-7(9)12-8(11-6)13(2)3/h5H,1-4H3,(H2,9,10,11,12)/t5-/m1/s1. The third kappa shape index (κ3) is 2.47. The summed E-state index contributed by atoms with van der Waals surface area (Å²) in [6, 6.07) is 0. The summed E-state index contributed by atoms with van der Waals surface area (Å²) in [5.74, 6) is 1.61. The highest BCUT2D eigenvalue weighted by atomic mass is 32.2. The highest BCUT2D eigenvalue weighted by Gasteiger charge is 2.11. The average Bonchev–Trinajstić information content (AvgIpc) is 2.15. The van der Waals surface area contributed by atoms with Gasteiger partial charge in [0, 0.05) is 14.1 Å². The predicted octanol–water partition coefficient (Wildman–Crippen LogP) is 0.944. The number of aromatic nitrogens is 3. The van der Waals surface area contributed by atoms with E-state index in [1.807, 2.05) is 32.2 Å². The first-order valence-electron chi connectivity index (χ1n) is 4.26. The number of anilines is 2. The van der Waals surface area contributed by atoms with Crippen molar-refractivity contribution in [1.82, 2.24) is 15.0 Å². The zero-order chi connectivity index (χ0) is 10.7. The van der Waals surface area contributed by atoms with E-state index >= 15 is 0 Å². The van der Waals surface area contributed by atoms with Crippen LogP contribution in [0.3, 0.4) is 0 Å². The molecule has 0 unspecified atom stereocenters. The van der Waals surface area contributed by atoms with E-state index in [-0.39, 0.29) is 11.2 Å². The number of thioether (sulfide) groups is 1. The van der Waals surface area contributed by atoms with E-state index in [2.05, 4.69) is 15.0 Å². The van der Waals surface area contributed by atoms with Crippen molar-refractivity contribution < 1.29 is 0 Å². The molecule has 0 saturated heterocycles. The van der Waals surface area contributed by atoms with Crippen LogP contribution in [-0.4, -0.2) is 35.3 Å². The molecule has 78 valence electrons. The van der Waals surface area contributed by atoms with Crippen LogP contribution in [0.25, 0.3) is 0 Å². The minimum atomic E-state index is 0.235. The van der Waals surface area contributed by atoms with Gasteiger partial charge in [0.05, 0.1) is 5.25 Å². The second-order valence-electron chi connectivity index (χ2n) is 3.12. The van der Waals surface area contributed by atoms with Crippen LogP contribution in [0.1, 0.15) is 18.0 Å². The van der Waals surface area contributed by atoms with Gasteiger partial charge in [-0.05, 0) is 13.2 Å². The van der Waals surface area contributed by atoms with Crippen LogP contribution < -0.4 is 10.6 Å². The van der Waals surface area contributed by atoms with E-state index in [1.165, 1.54) is 0 Å². The van der Waals surface area contributed by atoms with E-state index < -0.39 is 0 Å². The molecule has 0 fully saturated rings. The number of nitrogens with two attached hydrogens (primary N) is 1. The molecule has 0 bridgehead atoms. The Morgan fingerprint density at radius 1 is 1.29 bits per heavy atom. The van der Waals surface area contributed by atoms with Gasteiger partial charge in [-0.25, -0.2) is 0 Å². The fourth-order valence-electron chi connectivity index (χ4n) is 0.884. The zero-order valence-electron chi connectivity index (χ0n) is 8.85. The Kier molecular flexibility index (Phi) is 3.51. The minimum Gasteiger partial charge on any atom is -0.368 e. The molecule has 0 aliphatic carbocycles. The highest BCUT2D eigenvalue weighted by molar-refractivity contribution is 7.98. The van der Waals surface area contributed by atoms with Crippen LogP contribution in [0.15, 0.2) is 0 Å². The van der Waals surface area contributed by atoms with E-state index in [0.717, 1.165) is 5.82 Å². The van der Waals surface area contributed by atoms with Crippen LogP contribution in [0.2, 0.25) is 0 Å². The summed E-state index contributed by atoms with van der Waals surface area (Å²) in [6.07, 6.45) is 2.01. The molecule has 0 radical (unpaired) electrons. The fraction of sp³-hybridized carbons (Fsp3) is 0.625. The van der Waals surface area contributed by atoms with Gasteiger partial charge < -0.3 is 10.6 Å². The van der Waals surface area contributed by atoms with E-state index in [1.54, 1.807) is 11.8 Å². The largest absolute Gasteiger partial charge is 0.368 e. The van der Waals surface area contributed by atoms with Gasteiger partial charge in [0.25, 0.3) is 0 Å². The van der Waals surface area contributed by atoms with Gasteiger partial charge in [0.15, 0.2) is 0 Å². The lowest BCUT2D eigenvalue weighted by molar-refractivity contribution is 0.866. The lowest BCUT2D eigenvalue weighted by atomic mass is 10.4. The summed E-state index contributed by atoms with van der Waals surface area (Å²) < 4.78 is 0. The molecule has 1 heterocycles. The molecular formula is C8H15N5S. The summed E-state index contributed by atoms with van der Waals surface area (Å²) in [4.78, 5) is 14.2. The molecule has 0 spiro atoms. The minimum absolute atomic E-state index is 0.235. The molecule has 0 amide bonds. The van der Waals surface area contributed by atoms with Crippen LogP contribution in [-0.2, 0) is 0 Å². The summed E-state index contributed by atoms with van der Waals surface area (Å²) >= 11 is 1.68. The molecule has 6 heteroatoms. The Hall–Kier alpha value is -1.04. The van der Waals surface area contributed by atoms with E-state index in [0.29, 0.717) is 5.95 Å². The topological polar surface area (TPSA) is 67.9 Å². The van der Waals surface area contributed by atoms with Gasteiger partial charge in [-0.2, -0.15) is 26.7 Å². The smallest absolute Gasteiger partial charge is 0.229 e. The molecule has 0 aromatic carbocycles. The third-order valence-electron chi connectivity index (χ3n) is 1.78. The second-order valence-corrected chi connectivity index (χ2v) is 4.30. The molecule has 0 aliphatic heterocycles. The number of hydrogen-bond donors (Lipinski definition) is 1. The molecule has 1 aromatic heterocycles. The lowest BCUT2D eigenvalue weighted by Gasteiger charge is -2.13. The molecular weight excluding hydrogens is 198 g/mol. The van der Waals surface area contributed by atoms with Crippen molar-refractivity contribution in [2.45, 2.75) is 12.2 Å². The quantitative estimate of drug-likeness (QED) is 0.806. The first-order valence-corrected chi connectivity index (χ1v) is 5.55. The van der Waals surface area contributed by atoms with Crippen molar-refractivity contribution in [2.75, 3.05) is 31.0 Å². The molecule has 1 aromatic rings. The van der Waals surface area contributed by atoms with E-state index in [9.17, 15) is 0 Å². The number of nitrogens with zero attached hydrogens (tertiary/aromatic N) is 4. The maximum atomic E-state index is 5.59. The molecule has 1 rings (SSSR count). The highest BCUT2D eigenvalue weighted by Crippen LogP contribution is 2.23. The summed E-state index contributed by atoms with van der Waals surface area (Å²) in [5.41, 5.74) is 5.59. The Morgan fingerprint density at radius 2 is 1.93 bits per heavy atom. The Bertz CT molecular complexity index is 315. The number of rotatable bonds is 3. The third-order valence-corrected chi connectivity index (χ3v) is 2.69. The molecule has 2 N–H and O–H groups in total. The van der Waals surface area contributed by atoms with Crippen molar-refractivity contribution in [3.05, 3.63) is 5.82 Å². The summed E-state index contributed by atoms with van der Waals surface area (Å²) in [7, 11) is 3.75. The average molecular weight is 213 g/mol. The van der Waals surface area contributed by atoms with Gasteiger partial charge in [0.2, 0.25) is 11.9 Å². The first kappa shape index (κ1) is 11.0. The summed E-state index contributed by atoms with van der Waals surface area (Å²) in [6.45, 7) is 2.04. The first-order chi connectivity index (χ1) is 6.54. The second kappa shape index (κ2) is 4.45. The van der Waals surface area contributed by atoms with Crippen LogP contribution in [0.5, 0.6) is 0 Å². The normalized spacial score (nSPS) is 12.6. The monoisotopic (exact) mass is 213 g/mol. The van der Waals surface area contributed by atoms with Gasteiger partial charge in [-0.1, -0.05) is 0 Å². The van der Waals surface area contributed by atoms with Crippen molar-refractivity contribution in [2.24, 2.45) is 0 Å². The van der Waals surface area contributed by atoms with Gasteiger partial charge in [-0.3, -0.25) is 0 Å². The van der Waals surface area contributed by atoms with Crippen LogP contribution in [0.4, 0.5) is 11.9 Å². The van der Waals surface area contributed by atoms with Gasteiger partial charge in [-0.15, -0.1) is 0 Å². The summed E-state index contributed by atoms with van der Waals surface area (Å²) in [5, 5.41) is 0.235. The van der Waals surface area contributed by atoms with Gasteiger partial charge in [0.1, 0.15) is 5.82 Å². The lowest BCUT2D eigenvalue weighted by Crippen LogP contribution is -2.16. The van der Waals surface area contributed by atoms with Crippen molar-refractivity contribution >= 4 is 23.7 Å². The van der Waals surface area contributed by atoms with Crippen molar-refractivity contribution in [1.29, 1.82) is 0 Å². The molecule has 0 saturated carbocycles. The predicted molar refractivity (Wildman–Crippen MR) is 60.5 cm³/mol. The Morgan fingerprint density at radius 3 is 2.43 bits per heavy atom. The molecule has 0 aliphatic rings.